The molecule has 0 saturated heterocycles. The van der Waals surface area contributed by atoms with Gasteiger partial charge in [0.25, 0.3) is 0 Å². The molecule has 1 aromatic rings. The summed E-state index contributed by atoms with van der Waals surface area (Å²) >= 11 is 1.57. The fourth-order valence-electron chi connectivity index (χ4n) is 2.66. The Kier molecular flexibility index (Phi) is 3.12. The van der Waals surface area contributed by atoms with Gasteiger partial charge in [-0.25, -0.2) is 0 Å². The van der Waals surface area contributed by atoms with Gasteiger partial charge in [-0.05, 0) is 36.5 Å². The number of Topliss-reactive ketones (excluding diaryl/α,β-unsaturated/α-hetero) is 1. The summed E-state index contributed by atoms with van der Waals surface area (Å²) in [7, 11) is 0. The molecule has 4 heteroatoms. The van der Waals surface area contributed by atoms with E-state index in [1.54, 1.807) is 11.8 Å². The number of hydrogen-bond acceptors (Lipinski definition) is 4. The maximum absolute atomic E-state index is 11.3. The molecule has 1 unspecified atom stereocenters. The minimum absolute atomic E-state index is 0.150. The average Bonchev–Trinajstić information content (AvgIpc) is 2.81. The number of rotatable bonds is 2. The molecule has 3 nitrogen and oxygen atoms in total. The molecule has 1 saturated carbocycles. The van der Waals surface area contributed by atoms with Crippen molar-refractivity contribution in [1.29, 1.82) is 0 Å². The highest BCUT2D eigenvalue weighted by atomic mass is 32.2. The van der Waals surface area contributed by atoms with Gasteiger partial charge in [-0.3, -0.25) is 4.79 Å². The third-order valence-corrected chi connectivity index (χ3v) is 4.77. The van der Waals surface area contributed by atoms with Crippen LogP contribution in [0, 0.1) is 0 Å². The predicted octanol–water partition coefficient (Wildman–Crippen LogP) is 2.96. The predicted molar refractivity (Wildman–Crippen MR) is 72.0 cm³/mol. The maximum atomic E-state index is 11.3. The average molecular weight is 261 g/mol. The summed E-state index contributed by atoms with van der Waals surface area (Å²) in [5.74, 6) is 0.897. The molecule has 0 spiro atoms. The molecule has 1 heterocycles. The zero-order valence-corrected chi connectivity index (χ0v) is 10.8. The van der Waals surface area contributed by atoms with Crippen molar-refractivity contribution in [3.8, 4) is 0 Å². The number of hydrogen-bond donors (Lipinski definition) is 1. The van der Waals surface area contributed by atoms with Crippen molar-refractivity contribution >= 4 is 29.5 Å². The fraction of sp³-hybridized carbons (Fsp3) is 0.429. The van der Waals surface area contributed by atoms with Crippen LogP contribution < -0.4 is 5.32 Å². The largest absolute Gasteiger partial charge is 0.366 e. The topological polar surface area (TPSA) is 46.2 Å². The Bertz CT molecular complexity index is 491. The summed E-state index contributed by atoms with van der Waals surface area (Å²) in [6, 6.07) is 6.36. The van der Waals surface area contributed by atoms with Crippen LogP contribution in [0.5, 0.6) is 0 Å². The van der Waals surface area contributed by atoms with Crippen molar-refractivity contribution in [2.75, 3.05) is 5.32 Å². The normalized spacial score (nSPS) is 23.6. The van der Waals surface area contributed by atoms with Crippen LogP contribution in [0.3, 0.4) is 0 Å². The number of nitrogens with one attached hydrogen (secondary N) is 1. The standard InChI is InChI=1S/C14H15NO2S/c16-8-14-15-12-6-3-10(7-13(12)18-14)9-1-4-11(17)5-2-9/h3,6-9,14-15H,1-2,4-5H2. The van der Waals surface area contributed by atoms with E-state index in [1.807, 2.05) is 0 Å². The van der Waals surface area contributed by atoms with Crippen LogP contribution in [0.4, 0.5) is 5.69 Å². The maximum Gasteiger partial charge on any atom is 0.152 e. The molecule has 1 atom stereocenters. The van der Waals surface area contributed by atoms with Crippen LogP contribution in [-0.2, 0) is 9.59 Å². The summed E-state index contributed by atoms with van der Waals surface area (Å²) in [6.45, 7) is 0. The Morgan fingerprint density at radius 2 is 2.06 bits per heavy atom. The lowest BCUT2D eigenvalue weighted by Gasteiger charge is -2.21. The first-order chi connectivity index (χ1) is 8.76. The molecule has 18 heavy (non-hydrogen) atoms. The summed E-state index contributed by atoms with van der Waals surface area (Å²) < 4.78 is 0. The first-order valence-corrected chi connectivity index (χ1v) is 7.18. The van der Waals surface area contributed by atoms with E-state index < -0.39 is 0 Å². The van der Waals surface area contributed by atoms with E-state index in [0.29, 0.717) is 24.5 Å². The van der Waals surface area contributed by atoms with Crippen molar-refractivity contribution in [3.05, 3.63) is 23.8 Å². The third kappa shape index (κ3) is 2.17. The van der Waals surface area contributed by atoms with Gasteiger partial charge in [-0.2, -0.15) is 0 Å². The summed E-state index contributed by atoms with van der Waals surface area (Å²) in [5, 5.41) is 3.01. The lowest BCUT2D eigenvalue weighted by Crippen LogP contribution is -2.12. The van der Waals surface area contributed by atoms with Gasteiger partial charge in [0.1, 0.15) is 11.2 Å². The summed E-state index contributed by atoms with van der Waals surface area (Å²) in [4.78, 5) is 23.2. The molecular formula is C14H15NO2S. The van der Waals surface area contributed by atoms with Crippen LogP contribution >= 0.6 is 11.8 Å². The molecule has 0 aromatic heterocycles. The van der Waals surface area contributed by atoms with Crippen LogP contribution in [-0.4, -0.2) is 17.4 Å². The number of aldehydes is 1. The highest BCUT2D eigenvalue weighted by molar-refractivity contribution is 8.01. The van der Waals surface area contributed by atoms with Crippen LogP contribution in [0.1, 0.15) is 37.2 Å². The van der Waals surface area contributed by atoms with E-state index in [4.69, 9.17) is 0 Å². The molecule has 94 valence electrons. The SMILES string of the molecule is O=CC1Nc2ccc(C3CCC(=O)CC3)cc2S1. The van der Waals surface area contributed by atoms with E-state index in [9.17, 15) is 9.59 Å². The third-order valence-electron chi connectivity index (χ3n) is 3.70. The van der Waals surface area contributed by atoms with Crippen molar-refractivity contribution in [3.63, 3.8) is 0 Å². The Morgan fingerprint density at radius 3 is 2.78 bits per heavy atom. The summed E-state index contributed by atoms with van der Waals surface area (Å²) in [6.07, 6.45) is 4.29. The van der Waals surface area contributed by atoms with Gasteiger partial charge in [0.05, 0.1) is 0 Å². The molecule has 1 aromatic carbocycles. The highest BCUT2D eigenvalue weighted by Gasteiger charge is 2.24. The lowest BCUT2D eigenvalue weighted by atomic mass is 9.83. The second-order valence-electron chi connectivity index (χ2n) is 4.89. The Hall–Kier alpha value is -1.29. The molecule has 3 rings (SSSR count). The quantitative estimate of drug-likeness (QED) is 0.831. The van der Waals surface area contributed by atoms with Crippen LogP contribution in [0.15, 0.2) is 23.1 Å². The van der Waals surface area contributed by atoms with E-state index in [2.05, 4.69) is 23.5 Å². The first kappa shape index (κ1) is 11.8. The van der Waals surface area contributed by atoms with Crippen molar-refractivity contribution in [2.45, 2.75) is 41.9 Å². The smallest absolute Gasteiger partial charge is 0.152 e. The number of fused-ring (bicyclic) bond motifs is 1. The summed E-state index contributed by atoms with van der Waals surface area (Å²) in [5.41, 5.74) is 2.36. The van der Waals surface area contributed by atoms with Gasteiger partial charge in [0, 0.05) is 23.4 Å². The van der Waals surface area contributed by atoms with E-state index in [0.717, 1.165) is 29.7 Å². The van der Waals surface area contributed by atoms with Gasteiger partial charge in [0.15, 0.2) is 6.29 Å². The second-order valence-corrected chi connectivity index (χ2v) is 6.07. The fourth-order valence-corrected chi connectivity index (χ4v) is 3.64. The van der Waals surface area contributed by atoms with Gasteiger partial charge in [-0.1, -0.05) is 17.8 Å². The van der Waals surface area contributed by atoms with E-state index >= 15 is 0 Å². The molecule has 2 aliphatic rings. The number of carbonyl (C=O) groups is 2. The zero-order valence-electron chi connectivity index (χ0n) is 10.0. The van der Waals surface area contributed by atoms with Crippen LogP contribution in [0.25, 0.3) is 0 Å². The lowest BCUT2D eigenvalue weighted by molar-refractivity contribution is -0.120. The van der Waals surface area contributed by atoms with Gasteiger partial charge in [0.2, 0.25) is 0 Å². The van der Waals surface area contributed by atoms with Gasteiger partial charge < -0.3 is 10.1 Å². The number of anilines is 1. The van der Waals surface area contributed by atoms with Crippen molar-refractivity contribution in [2.24, 2.45) is 0 Å². The number of carbonyl (C=O) groups excluding carboxylic acids is 2. The first-order valence-electron chi connectivity index (χ1n) is 6.30. The van der Waals surface area contributed by atoms with Crippen LogP contribution in [0.2, 0.25) is 0 Å². The molecule has 1 N–H and O–H groups in total. The molecular weight excluding hydrogens is 246 g/mol. The Balaban J connectivity index is 1.79. The minimum atomic E-state index is -0.150. The second kappa shape index (κ2) is 4.76. The number of thioether (sulfide) groups is 1. The van der Waals surface area contributed by atoms with Crippen molar-refractivity contribution < 1.29 is 9.59 Å². The van der Waals surface area contributed by atoms with E-state index in [1.165, 1.54) is 5.56 Å². The molecule has 1 fully saturated rings. The molecule has 1 aliphatic carbocycles. The van der Waals surface area contributed by atoms with E-state index in [-0.39, 0.29) is 5.37 Å². The van der Waals surface area contributed by atoms with Gasteiger partial charge >= 0.3 is 0 Å². The minimum Gasteiger partial charge on any atom is -0.366 e. The highest BCUT2D eigenvalue weighted by Crippen LogP contribution is 2.41. The van der Waals surface area contributed by atoms with Gasteiger partial charge in [-0.15, -0.1) is 0 Å². The zero-order chi connectivity index (χ0) is 12.5. The number of benzene rings is 1. The Labute approximate surface area is 110 Å². The molecule has 1 aliphatic heterocycles. The molecule has 0 bridgehead atoms. The monoisotopic (exact) mass is 261 g/mol. The Morgan fingerprint density at radius 1 is 1.28 bits per heavy atom. The van der Waals surface area contributed by atoms with Crippen molar-refractivity contribution in [1.82, 2.24) is 0 Å². The molecule has 0 radical (unpaired) electrons. The number of ketones is 1. The molecule has 0 amide bonds.